The van der Waals surface area contributed by atoms with Gasteiger partial charge in [-0.05, 0) is 67.4 Å². The summed E-state index contributed by atoms with van der Waals surface area (Å²) in [7, 11) is -2.43. The van der Waals surface area contributed by atoms with Crippen LogP contribution in [0.5, 0.6) is 17.2 Å². The molecular weight excluding hydrogens is 468 g/mol. The van der Waals surface area contributed by atoms with Crippen molar-refractivity contribution in [2.45, 2.75) is 24.8 Å². The summed E-state index contributed by atoms with van der Waals surface area (Å²) in [5.41, 5.74) is 2.47. The Morgan fingerprint density at radius 3 is 2.57 bits per heavy atom. The summed E-state index contributed by atoms with van der Waals surface area (Å²) in [4.78, 5) is 13.0. The maximum atomic E-state index is 13.5. The molecule has 1 heterocycles. The fraction of sp³-hybridized carbons (Fsp3) is 0.269. The van der Waals surface area contributed by atoms with Crippen molar-refractivity contribution < 1.29 is 27.4 Å². The zero-order valence-electron chi connectivity index (χ0n) is 19.9. The lowest BCUT2D eigenvalue weighted by Gasteiger charge is -2.34. The number of sulfonamides is 1. The van der Waals surface area contributed by atoms with E-state index < -0.39 is 22.0 Å². The molecule has 3 aromatic rings. The summed E-state index contributed by atoms with van der Waals surface area (Å²) in [5.74, 6) is 1.21. The van der Waals surface area contributed by atoms with Crippen LogP contribution in [0.15, 0.2) is 71.6 Å². The van der Waals surface area contributed by atoms with Crippen molar-refractivity contribution >= 4 is 21.6 Å². The predicted molar refractivity (Wildman–Crippen MR) is 133 cm³/mol. The molecule has 0 fully saturated rings. The molecule has 4 rings (SSSR count). The number of nitrogens with zero attached hydrogens (tertiary/aromatic N) is 1. The Hall–Kier alpha value is -3.72. The Bertz CT molecular complexity index is 1310. The van der Waals surface area contributed by atoms with Gasteiger partial charge in [0.05, 0.1) is 30.8 Å². The van der Waals surface area contributed by atoms with Gasteiger partial charge in [0.15, 0.2) is 6.10 Å². The van der Waals surface area contributed by atoms with Crippen LogP contribution in [0.3, 0.4) is 0 Å². The molecule has 0 aromatic heterocycles. The van der Waals surface area contributed by atoms with Gasteiger partial charge in [0.25, 0.3) is 15.9 Å². The van der Waals surface area contributed by atoms with Gasteiger partial charge in [-0.25, -0.2) is 8.42 Å². The zero-order chi connectivity index (χ0) is 25.0. The number of carbonyl (C=O) groups is 1. The van der Waals surface area contributed by atoms with E-state index in [9.17, 15) is 13.2 Å². The second-order valence-corrected chi connectivity index (χ2v) is 10.1. The Morgan fingerprint density at radius 2 is 1.83 bits per heavy atom. The number of amides is 1. The molecule has 0 spiro atoms. The number of anilines is 1. The number of nitrogens with one attached hydrogen (secondary N) is 1. The first-order chi connectivity index (χ1) is 16.8. The standard InChI is InChI=1S/C26H28N2O6S/c1-18-8-9-19(2)24(16-18)33-15-14-27-26(29)25-17-28(22-6-4-5-7-23(22)34-25)35(30,31)21-12-10-20(32-3)11-13-21/h4-13,16,25H,14-15,17H2,1-3H3,(H,27,29)/t25-/m1/s1. The highest BCUT2D eigenvalue weighted by atomic mass is 32.2. The van der Waals surface area contributed by atoms with Crippen molar-refractivity contribution in [3.05, 3.63) is 77.9 Å². The number of benzene rings is 3. The highest BCUT2D eigenvalue weighted by Gasteiger charge is 2.37. The first-order valence-electron chi connectivity index (χ1n) is 11.2. The lowest BCUT2D eigenvalue weighted by atomic mass is 10.1. The van der Waals surface area contributed by atoms with Crippen LogP contribution < -0.4 is 23.8 Å². The van der Waals surface area contributed by atoms with E-state index in [0.717, 1.165) is 16.9 Å². The van der Waals surface area contributed by atoms with Crippen LogP contribution in [-0.4, -0.2) is 47.2 Å². The number of aryl methyl sites for hydroxylation is 2. The molecule has 1 atom stereocenters. The molecular formula is C26H28N2O6S. The molecule has 0 saturated heterocycles. The monoisotopic (exact) mass is 496 g/mol. The lowest BCUT2D eigenvalue weighted by Crippen LogP contribution is -2.51. The van der Waals surface area contributed by atoms with Gasteiger partial charge >= 0.3 is 0 Å². The fourth-order valence-corrected chi connectivity index (χ4v) is 5.23. The van der Waals surface area contributed by atoms with Crippen molar-refractivity contribution in [2.75, 3.05) is 31.1 Å². The van der Waals surface area contributed by atoms with Crippen molar-refractivity contribution in [2.24, 2.45) is 0 Å². The quantitative estimate of drug-likeness (QED) is 0.480. The molecule has 9 heteroatoms. The van der Waals surface area contributed by atoms with Crippen LogP contribution in [0, 0.1) is 13.8 Å². The summed E-state index contributed by atoms with van der Waals surface area (Å²) in [6, 6.07) is 18.8. The van der Waals surface area contributed by atoms with E-state index in [4.69, 9.17) is 14.2 Å². The fourth-order valence-electron chi connectivity index (χ4n) is 3.75. The minimum atomic E-state index is -3.94. The first kappa shape index (κ1) is 24.4. The number of fused-ring (bicyclic) bond motifs is 1. The van der Waals surface area contributed by atoms with E-state index in [1.54, 1.807) is 36.4 Å². The molecule has 184 valence electrons. The van der Waals surface area contributed by atoms with Gasteiger partial charge in [-0.1, -0.05) is 24.3 Å². The predicted octanol–water partition coefficient (Wildman–Crippen LogP) is 3.46. The van der Waals surface area contributed by atoms with Crippen LogP contribution in [-0.2, 0) is 14.8 Å². The summed E-state index contributed by atoms with van der Waals surface area (Å²) < 4.78 is 44.9. The summed E-state index contributed by atoms with van der Waals surface area (Å²) >= 11 is 0. The second kappa shape index (κ2) is 10.3. The van der Waals surface area contributed by atoms with E-state index in [0.29, 0.717) is 17.2 Å². The van der Waals surface area contributed by atoms with E-state index in [2.05, 4.69) is 5.32 Å². The summed E-state index contributed by atoms with van der Waals surface area (Å²) in [6.07, 6.45) is -1.02. The van der Waals surface area contributed by atoms with Crippen LogP contribution in [0.4, 0.5) is 5.69 Å². The molecule has 0 bridgehead atoms. The molecule has 3 aromatic carbocycles. The number of methoxy groups -OCH3 is 1. The number of hydrogen-bond acceptors (Lipinski definition) is 6. The first-order valence-corrected chi connectivity index (χ1v) is 12.6. The minimum Gasteiger partial charge on any atom is -0.497 e. The third kappa shape index (κ3) is 5.35. The maximum Gasteiger partial charge on any atom is 0.264 e. The molecule has 35 heavy (non-hydrogen) atoms. The van der Waals surface area contributed by atoms with Gasteiger partial charge in [-0.15, -0.1) is 0 Å². The van der Waals surface area contributed by atoms with Crippen molar-refractivity contribution in [3.8, 4) is 17.2 Å². The maximum absolute atomic E-state index is 13.5. The lowest BCUT2D eigenvalue weighted by molar-refractivity contribution is -0.127. The SMILES string of the molecule is COc1ccc(S(=O)(=O)N2C[C@H](C(=O)NCCOc3cc(C)ccc3C)Oc3ccccc32)cc1. The van der Waals surface area contributed by atoms with E-state index >= 15 is 0 Å². The van der Waals surface area contributed by atoms with E-state index in [1.165, 1.54) is 23.5 Å². The van der Waals surface area contributed by atoms with E-state index in [1.807, 2.05) is 32.0 Å². The van der Waals surface area contributed by atoms with Crippen LogP contribution in [0.2, 0.25) is 0 Å². The molecule has 0 aliphatic carbocycles. The number of carbonyl (C=O) groups excluding carboxylic acids is 1. The van der Waals surface area contributed by atoms with Crippen LogP contribution >= 0.6 is 0 Å². The van der Waals surface area contributed by atoms with Crippen molar-refractivity contribution in [3.63, 3.8) is 0 Å². The zero-order valence-corrected chi connectivity index (χ0v) is 20.7. The molecule has 1 aliphatic heterocycles. The summed E-state index contributed by atoms with van der Waals surface area (Å²) in [5, 5.41) is 2.79. The van der Waals surface area contributed by atoms with Gasteiger partial charge in [0.1, 0.15) is 23.9 Å². The molecule has 8 nitrogen and oxygen atoms in total. The van der Waals surface area contributed by atoms with Gasteiger partial charge in [0.2, 0.25) is 0 Å². The Kier molecular flexibility index (Phi) is 7.16. The molecule has 0 radical (unpaired) electrons. The highest BCUT2D eigenvalue weighted by molar-refractivity contribution is 7.92. The average Bonchev–Trinajstić information content (AvgIpc) is 2.87. The highest BCUT2D eigenvalue weighted by Crippen LogP contribution is 2.37. The normalized spacial score (nSPS) is 15.1. The van der Waals surface area contributed by atoms with Gasteiger partial charge in [-0.2, -0.15) is 0 Å². The van der Waals surface area contributed by atoms with Gasteiger partial charge in [-0.3, -0.25) is 9.10 Å². The third-order valence-corrected chi connectivity index (χ3v) is 7.47. The summed E-state index contributed by atoms with van der Waals surface area (Å²) in [6.45, 7) is 4.30. The Balaban J connectivity index is 1.46. The average molecular weight is 497 g/mol. The largest absolute Gasteiger partial charge is 0.497 e. The number of ether oxygens (including phenoxy) is 3. The molecule has 1 amide bonds. The van der Waals surface area contributed by atoms with Crippen molar-refractivity contribution in [1.82, 2.24) is 5.32 Å². The minimum absolute atomic E-state index is 0.0936. The van der Waals surface area contributed by atoms with E-state index in [-0.39, 0.29) is 24.6 Å². The smallest absolute Gasteiger partial charge is 0.264 e. The molecule has 0 unspecified atom stereocenters. The Labute approximate surface area is 205 Å². The molecule has 1 aliphatic rings. The molecule has 1 N–H and O–H groups in total. The van der Waals surface area contributed by atoms with Gasteiger partial charge in [0, 0.05) is 0 Å². The second-order valence-electron chi connectivity index (χ2n) is 8.19. The van der Waals surface area contributed by atoms with Crippen LogP contribution in [0.1, 0.15) is 11.1 Å². The van der Waals surface area contributed by atoms with Crippen LogP contribution in [0.25, 0.3) is 0 Å². The number of rotatable bonds is 8. The number of para-hydroxylation sites is 2. The van der Waals surface area contributed by atoms with Gasteiger partial charge < -0.3 is 19.5 Å². The number of hydrogen-bond donors (Lipinski definition) is 1. The topological polar surface area (TPSA) is 94.2 Å². The van der Waals surface area contributed by atoms with Crippen molar-refractivity contribution in [1.29, 1.82) is 0 Å². The third-order valence-electron chi connectivity index (χ3n) is 5.68. The molecule has 0 saturated carbocycles. The Morgan fingerprint density at radius 1 is 1.09 bits per heavy atom.